The minimum atomic E-state index is -0.876. The molecule has 25 heavy (non-hydrogen) atoms. The topological polar surface area (TPSA) is 72.5 Å². The van der Waals surface area contributed by atoms with Gasteiger partial charge in [0.15, 0.2) is 5.78 Å². The number of halogens is 2. The Bertz CT molecular complexity index is 802. The highest BCUT2D eigenvalue weighted by Gasteiger charge is 2.45. The van der Waals surface area contributed by atoms with Gasteiger partial charge < -0.3 is 10.1 Å². The Labute approximate surface area is 155 Å². The normalized spacial score (nSPS) is 26.2. The molecule has 0 bridgehead atoms. The zero-order valence-electron chi connectivity index (χ0n) is 13.8. The third kappa shape index (κ3) is 3.07. The highest BCUT2D eigenvalue weighted by molar-refractivity contribution is 6.42. The Kier molecular flexibility index (Phi) is 4.89. The molecule has 0 aromatic heterocycles. The van der Waals surface area contributed by atoms with Crippen molar-refractivity contribution in [2.24, 2.45) is 11.8 Å². The smallest absolute Gasteiger partial charge is 0.316 e. The van der Waals surface area contributed by atoms with Gasteiger partial charge in [-0.25, -0.2) is 0 Å². The number of nitrogens with one attached hydrogen (secondary N) is 1. The maximum atomic E-state index is 13.1. The lowest BCUT2D eigenvalue weighted by Gasteiger charge is -2.36. The molecule has 7 heteroatoms. The van der Waals surface area contributed by atoms with E-state index in [1.54, 1.807) is 25.1 Å². The molecule has 1 aromatic carbocycles. The SMILES string of the molecule is COC(=O)[C@H]1C(=O)C2=C(C[C@H]1C)NC(=O)C[C@@H]2c1cccc(Cl)c1Cl. The molecule has 3 atom stereocenters. The quantitative estimate of drug-likeness (QED) is 0.630. The molecule has 0 unspecified atom stereocenters. The molecule has 0 radical (unpaired) electrons. The molecule has 1 aliphatic heterocycles. The monoisotopic (exact) mass is 381 g/mol. The van der Waals surface area contributed by atoms with Gasteiger partial charge in [0.1, 0.15) is 5.92 Å². The molecule has 0 saturated carbocycles. The summed E-state index contributed by atoms with van der Waals surface area (Å²) in [5.41, 5.74) is 1.61. The van der Waals surface area contributed by atoms with Crippen LogP contribution in [-0.2, 0) is 19.1 Å². The summed E-state index contributed by atoms with van der Waals surface area (Å²) in [5.74, 6) is -2.72. The van der Waals surface area contributed by atoms with E-state index in [1.165, 1.54) is 7.11 Å². The molecule has 5 nitrogen and oxygen atoms in total. The van der Waals surface area contributed by atoms with Gasteiger partial charge in [0, 0.05) is 23.6 Å². The van der Waals surface area contributed by atoms with Gasteiger partial charge in [0.05, 0.1) is 17.2 Å². The summed E-state index contributed by atoms with van der Waals surface area (Å²) in [5, 5.41) is 3.45. The molecule has 132 valence electrons. The third-order valence-electron chi connectivity index (χ3n) is 4.81. The van der Waals surface area contributed by atoms with E-state index >= 15 is 0 Å². The number of amides is 1. The first-order valence-corrected chi connectivity index (χ1v) is 8.69. The Morgan fingerprint density at radius 2 is 1.96 bits per heavy atom. The van der Waals surface area contributed by atoms with Crippen LogP contribution in [0, 0.1) is 11.8 Å². The maximum absolute atomic E-state index is 13.1. The van der Waals surface area contributed by atoms with Crippen molar-refractivity contribution in [2.45, 2.75) is 25.7 Å². The molecule has 0 fully saturated rings. The fourth-order valence-electron chi connectivity index (χ4n) is 3.65. The fourth-order valence-corrected chi connectivity index (χ4v) is 4.09. The minimum Gasteiger partial charge on any atom is -0.468 e. The lowest BCUT2D eigenvalue weighted by molar-refractivity contribution is -0.151. The second-order valence-corrected chi connectivity index (χ2v) is 7.17. The van der Waals surface area contributed by atoms with Crippen LogP contribution in [0.4, 0.5) is 0 Å². The van der Waals surface area contributed by atoms with E-state index in [2.05, 4.69) is 5.32 Å². The molecule has 1 N–H and O–H groups in total. The Morgan fingerprint density at radius 3 is 2.64 bits per heavy atom. The van der Waals surface area contributed by atoms with Crippen molar-refractivity contribution in [1.29, 1.82) is 0 Å². The van der Waals surface area contributed by atoms with Gasteiger partial charge in [-0.2, -0.15) is 0 Å². The number of ketones is 1. The molecular weight excluding hydrogens is 365 g/mol. The van der Waals surface area contributed by atoms with Crippen molar-refractivity contribution in [1.82, 2.24) is 5.32 Å². The first-order chi connectivity index (χ1) is 11.8. The number of esters is 1. The van der Waals surface area contributed by atoms with E-state index in [1.807, 2.05) is 0 Å². The number of hydrogen-bond donors (Lipinski definition) is 1. The van der Waals surface area contributed by atoms with Crippen LogP contribution in [0.2, 0.25) is 10.0 Å². The van der Waals surface area contributed by atoms with Crippen LogP contribution < -0.4 is 5.32 Å². The van der Waals surface area contributed by atoms with Crippen LogP contribution in [0.3, 0.4) is 0 Å². The molecule has 2 aliphatic rings. The average Bonchev–Trinajstić information content (AvgIpc) is 2.56. The number of carbonyl (C=O) groups excluding carboxylic acids is 3. The van der Waals surface area contributed by atoms with E-state index in [4.69, 9.17) is 27.9 Å². The number of methoxy groups -OCH3 is 1. The van der Waals surface area contributed by atoms with Crippen LogP contribution in [0.5, 0.6) is 0 Å². The van der Waals surface area contributed by atoms with Crippen molar-refractivity contribution >= 4 is 40.9 Å². The average molecular weight is 382 g/mol. The van der Waals surface area contributed by atoms with E-state index < -0.39 is 17.8 Å². The van der Waals surface area contributed by atoms with Crippen LogP contribution in [-0.4, -0.2) is 24.8 Å². The maximum Gasteiger partial charge on any atom is 0.316 e. The summed E-state index contributed by atoms with van der Waals surface area (Å²) in [6.45, 7) is 1.80. The highest BCUT2D eigenvalue weighted by Crippen LogP contribution is 2.44. The number of rotatable bonds is 2. The molecule has 1 amide bonds. The van der Waals surface area contributed by atoms with E-state index in [0.29, 0.717) is 33.3 Å². The van der Waals surface area contributed by atoms with Gasteiger partial charge in [-0.15, -0.1) is 0 Å². The van der Waals surface area contributed by atoms with Crippen molar-refractivity contribution in [2.75, 3.05) is 7.11 Å². The number of carbonyl (C=O) groups is 3. The highest BCUT2D eigenvalue weighted by atomic mass is 35.5. The predicted octanol–water partition coefficient (Wildman–Crippen LogP) is 3.25. The summed E-state index contributed by atoms with van der Waals surface area (Å²) >= 11 is 12.4. The third-order valence-corrected chi connectivity index (χ3v) is 5.64. The zero-order chi connectivity index (χ0) is 18.3. The molecule has 0 spiro atoms. The number of hydrogen-bond acceptors (Lipinski definition) is 4. The van der Waals surface area contributed by atoms with Gasteiger partial charge in [-0.3, -0.25) is 14.4 Å². The molecule has 3 rings (SSSR count). The predicted molar refractivity (Wildman–Crippen MR) is 93.3 cm³/mol. The molecular formula is C18H17Cl2NO4. The Hall–Kier alpha value is -1.85. The van der Waals surface area contributed by atoms with Crippen LogP contribution in [0.15, 0.2) is 29.5 Å². The van der Waals surface area contributed by atoms with Crippen molar-refractivity contribution in [3.8, 4) is 0 Å². The number of benzene rings is 1. The van der Waals surface area contributed by atoms with E-state index in [0.717, 1.165) is 0 Å². The second-order valence-electron chi connectivity index (χ2n) is 6.39. The zero-order valence-corrected chi connectivity index (χ0v) is 15.3. The summed E-state index contributed by atoms with van der Waals surface area (Å²) in [6.07, 6.45) is 0.494. The standard InChI is InChI=1S/C18H17Cl2NO4/c1-8-6-12-15(17(23)14(8)18(24)25-2)10(7-13(22)21-12)9-4-3-5-11(19)16(9)20/h3-5,8,10,14H,6-7H2,1-2H3,(H,21,22)/t8-,10-,14-/m1/s1. The fraction of sp³-hybridized carbons (Fsp3) is 0.389. The molecule has 1 aromatic rings. The first kappa shape index (κ1) is 18.0. The molecule has 1 heterocycles. The molecule has 1 aliphatic carbocycles. The van der Waals surface area contributed by atoms with E-state index in [-0.39, 0.29) is 24.0 Å². The van der Waals surface area contributed by atoms with Crippen molar-refractivity contribution < 1.29 is 19.1 Å². The molecule has 0 saturated heterocycles. The Morgan fingerprint density at radius 1 is 1.24 bits per heavy atom. The van der Waals surface area contributed by atoms with E-state index in [9.17, 15) is 14.4 Å². The Balaban J connectivity index is 2.12. The van der Waals surface area contributed by atoms with Crippen LogP contribution >= 0.6 is 23.2 Å². The lowest BCUT2D eigenvalue weighted by atomic mass is 9.70. The minimum absolute atomic E-state index is 0.0763. The summed E-state index contributed by atoms with van der Waals surface area (Å²) in [4.78, 5) is 37.3. The van der Waals surface area contributed by atoms with Gasteiger partial charge >= 0.3 is 5.97 Å². The van der Waals surface area contributed by atoms with Crippen LogP contribution in [0.25, 0.3) is 0 Å². The first-order valence-electron chi connectivity index (χ1n) is 7.94. The van der Waals surface area contributed by atoms with Crippen LogP contribution in [0.1, 0.15) is 31.2 Å². The number of ether oxygens (including phenoxy) is 1. The van der Waals surface area contributed by atoms with Gasteiger partial charge in [-0.05, 0) is 24.0 Å². The van der Waals surface area contributed by atoms with Crippen molar-refractivity contribution in [3.05, 3.63) is 45.1 Å². The van der Waals surface area contributed by atoms with Crippen molar-refractivity contribution in [3.63, 3.8) is 0 Å². The van der Waals surface area contributed by atoms with Gasteiger partial charge in [0.2, 0.25) is 5.91 Å². The second kappa shape index (κ2) is 6.81. The summed E-state index contributed by atoms with van der Waals surface area (Å²) < 4.78 is 4.80. The number of Topliss-reactive ketones (excluding diaryl/α,β-unsaturated/α-hetero) is 1. The number of allylic oxidation sites excluding steroid dienone is 2. The van der Waals surface area contributed by atoms with Gasteiger partial charge in [0.25, 0.3) is 0 Å². The summed E-state index contributed by atoms with van der Waals surface area (Å²) in [6, 6.07) is 5.12. The largest absolute Gasteiger partial charge is 0.468 e. The lowest BCUT2D eigenvalue weighted by Crippen LogP contribution is -2.44. The van der Waals surface area contributed by atoms with Gasteiger partial charge in [-0.1, -0.05) is 42.3 Å². The summed E-state index contributed by atoms with van der Waals surface area (Å²) in [7, 11) is 1.26.